The van der Waals surface area contributed by atoms with Crippen LogP contribution < -0.4 is 5.32 Å². The van der Waals surface area contributed by atoms with Crippen LogP contribution in [0.4, 0.5) is 13.2 Å². The number of hydrogen-bond acceptors (Lipinski definition) is 2. The fraction of sp³-hybridized carbons (Fsp3) is 0.167. The lowest BCUT2D eigenvalue weighted by Crippen LogP contribution is -2.19. The molecule has 0 bridgehead atoms. The number of nitrogens with one attached hydrogen (secondary N) is 2. The van der Waals surface area contributed by atoms with Crippen molar-refractivity contribution in [3.63, 3.8) is 0 Å². The van der Waals surface area contributed by atoms with Gasteiger partial charge in [-0.15, -0.1) is 0 Å². The fourth-order valence-corrected chi connectivity index (χ4v) is 1.64. The molecular formula is C12H10F3N3O. The molecule has 1 heterocycles. The Labute approximate surface area is 106 Å². The molecule has 100 valence electrons. The van der Waals surface area contributed by atoms with Crippen molar-refractivity contribution >= 4 is 5.91 Å². The van der Waals surface area contributed by atoms with Crippen LogP contribution in [0.1, 0.15) is 15.9 Å². The first kappa shape index (κ1) is 13.1. The maximum atomic E-state index is 12.8. The number of H-pyrrole nitrogens is 1. The normalized spacial score (nSPS) is 11.4. The summed E-state index contributed by atoms with van der Waals surface area (Å²) in [5.41, 5.74) is -0.262. The molecule has 0 atom stereocenters. The highest BCUT2D eigenvalue weighted by molar-refractivity contribution is 5.95. The summed E-state index contributed by atoms with van der Waals surface area (Å²) in [5, 5.41) is 2.30. The second-order valence-electron chi connectivity index (χ2n) is 3.84. The summed E-state index contributed by atoms with van der Waals surface area (Å²) in [6.07, 6.45) is -1.77. The fourth-order valence-electron chi connectivity index (χ4n) is 1.64. The van der Waals surface area contributed by atoms with Gasteiger partial charge in [-0.2, -0.15) is 13.2 Å². The number of nitrogens with zero attached hydrogens (tertiary/aromatic N) is 1. The Morgan fingerprint density at radius 3 is 2.58 bits per heavy atom. The highest BCUT2D eigenvalue weighted by Gasteiger charge is 2.32. The summed E-state index contributed by atoms with van der Waals surface area (Å²) < 4.78 is 38.4. The third kappa shape index (κ3) is 2.75. The van der Waals surface area contributed by atoms with E-state index in [0.29, 0.717) is 5.69 Å². The number of hydrogen-bond donors (Lipinski definition) is 2. The van der Waals surface area contributed by atoms with Crippen LogP contribution in [0.2, 0.25) is 0 Å². The monoisotopic (exact) mass is 269 g/mol. The van der Waals surface area contributed by atoms with Crippen molar-refractivity contribution in [2.24, 2.45) is 0 Å². The van der Waals surface area contributed by atoms with Crippen molar-refractivity contribution in [1.82, 2.24) is 15.3 Å². The van der Waals surface area contributed by atoms with Gasteiger partial charge in [-0.1, -0.05) is 0 Å². The topological polar surface area (TPSA) is 57.8 Å². The predicted octanol–water partition coefficient (Wildman–Crippen LogP) is 2.46. The number of carbonyl (C=O) groups excluding carboxylic acids is 1. The molecule has 0 aliphatic heterocycles. The minimum atomic E-state index is -4.52. The smallest absolute Gasteiger partial charge is 0.355 e. The zero-order valence-electron chi connectivity index (χ0n) is 9.88. The van der Waals surface area contributed by atoms with Gasteiger partial charge < -0.3 is 10.3 Å². The SMILES string of the molecule is CNC(=O)c1cc(-c2cnc[nH]2)cc(C(F)(F)F)c1. The summed E-state index contributed by atoms with van der Waals surface area (Å²) in [4.78, 5) is 18.0. The van der Waals surface area contributed by atoms with E-state index < -0.39 is 17.6 Å². The molecule has 0 aliphatic carbocycles. The van der Waals surface area contributed by atoms with Crippen molar-refractivity contribution in [3.05, 3.63) is 41.9 Å². The predicted molar refractivity (Wildman–Crippen MR) is 62.4 cm³/mol. The molecule has 2 N–H and O–H groups in total. The van der Waals surface area contributed by atoms with Gasteiger partial charge in [0, 0.05) is 18.2 Å². The molecule has 0 fully saturated rings. The molecule has 0 aliphatic rings. The van der Waals surface area contributed by atoms with Crippen LogP contribution in [0.15, 0.2) is 30.7 Å². The van der Waals surface area contributed by atoms with E-state index in [1.165, 1.54) is 25.6 Å². The first-order valence-electron chi connectivity index (χ1n) is 5.35. The van der Waals surface area contributed by atoms with E-state index in [-0.39, 0.29) is 11.1 Å². The van der Waals surface area contributed by atoms with Crippen molar-refractivity contribution < 1.29 is 18.0 Å². The molecule has 1 aromatic carbocycles. The maximum absolute atomic E-state index is 12.8. The highest BCUT2D eigenvalue weighted by atomic mass is 19.4. The highest BCUT2D eigenvalue weighted by Crippen LogP contribution is 2.32. The van der Waals surface area contributed by atoms with E-state index in [1.807, 2.05) is 0 Å². The van der Waals surface area contributed by atoms with Gasteiger partial charge in [0.05, 0.1) is 23.8 Å². The summed E-state index contributed by atoms with van der Waals surface area (Å²) in [5.74, 6) is -0.577. The lowest BCUT2D eigenvalue weighted by molar-refractivity contribution is -0.137. The van der Waals surface area contributed by atoms with Crippen molar-refractivity contribution in [1.29, 1.82) is 0 Å². The number of amides is 1. The molecule has 0 saturated heterocycles. The lowest BCUT2D eigenvalue weighted by atomic mass is 10.0. The maximum Gasteiger partial charge on any atom is 0.416 e. The van der Waals surface area contributed by atoms with Gasteiger partial charge in [0.15, 0.2) is 0 Å². The first-order valence-corrected chi connectivity index (χ1v) is 5.35. The zero-order valence-corrected chi connectivity index (χ0v) is 9.88. The second-order valence-corrected chi connectivity index (χ2v) is 3.84. The zero-order chi connectivity index (χ0) is 14.0. The third-order valence-corrected chi connectivity index (χ3v) is 2.56. The van der Waals surface area contributed by atoms with Crippen LogP contribution in [0.25, 0.3) is 11.3 Å². The quantitative estimate of drug-likeness (QED) is 0.879. The van der Waals surface area contributed by atoms with E-state index >= 15 is 0 Å². The molecule has 2 rings (SSSR count). The summed E-state index contributed by atoms with van der Waals surface area (Å²) in [6.45, 7) is 0. The van der Waals surface area contributed by atoms with Crippen molar-refractivity contribution in [2.45, 2.75) is 6.18 Å². The number of aromatic amines is 1. The minimum absolute atomic E-state index is 0.0538. The van der Waals surface area contributed by atoms with E-state index in [2.05, 4.69) is 15.3 Å². The molecule has 19 heavy (non-hydrogen) atoms. The van der Waals surface area contributed by atoms with Gasteiger partial charge in [-0.25, -0.2) is 4.98 Å². The summed E-state index contributed by atoms with van der Waals surface area (Å²) in [6, 6.07) is 3.17. The van der Waals surface area contributed by atoms with Crippen LogP contribution in [-0.2, 0) is 6.18 Å². The molecule has 0 unspecified atom stereocenters. The Hall–Kier alpha value is -2.31. The Bertz CT molecular complexity index is 591. The minimum Gasteiger partial charge on any atom is -0.355 e. The average Bonchev–Trinajstić information content (AvgIpc) is 2.90. The third-order valence-electron chi connectivity index (χ3n) is 2.56. The molecule has 0 saturated carbocycles. The van der Waals surface area contributed by atoms with E-state index in [4.69, 9.17) is 0 Å². The largest absolute Gasteiger partial charge is 0.416 e. The first-order chi connectivity index (χ1) is 8.91. The van der Waals surface area contributed by atoms with Crippen LogP contribution in [0, 0.1) is 0 Å². The van der Waals surface area contributed by atoms with Gasteiger partial charge in [-0.05, 0) is 18.2 Å². The van der Waals surface area contributed by atoms with Gasteiger partial charge in [0.25, 0.3) is 5.91 Å². The van der Waals surface area contributed by atoms with Crippen molar-refractivity contribution in [2.75, 3.05) is 7.05 Å². The summed E-state index contributed by atoms with van der Waals surface area (Å²) >= 11 is 0. The van der Waals surface area contributed by atoms with Crippen LogP contribution in [-0.4, -0.2) is 22.9 Å². The van der Waals surface area contributed by atoms with Gasteiger partial charge in [0.1, 0.15) is 0 Å². The number of carbonyl (C=O) groups is 1. The standard InChI is InChI=1S/C12H10F3N3O/c1-16-11(19)8-2-7(10-5-17-6-18-10)3-9(4-8)12(13,14)15/h2-6H,1H3,(H,16,19)(H,17,18). The lowest BCUT2D eigenvalue weighted by Gasteiger charge is -2.11. The number of benzene rings is 1. The number of alkyl halides is 3. The van der Waals surface area contributed by atoms with Gasteiger partial charge in [0.2, 0.25) is 0 Å². The molecule has 1 amide bonds. The Balaban J connectivity index is 2.59. The molecule has 0 radical (unpaired) electrons. The summed E-state index contributed by atoms with van der Waals surface area (Å²) in [7, 11) is 1.36. The Morgan fingerprint density at radius 1 is 1.32 bits per heavy atom. The van der Waals surface area contributed by atoms with Gasteiger partial charge in [-0.3, -0.25) is 4.79 Å². The molecule has 0 spiro atoms. The molecule has 7 heteroatoms. The van der Waals surface area contributed by atoms with E-state index in [0.717, 1.165) is 12.1 Å². The van der Waals surface area contributed by atoms with Crippen LogP contribution >= 0.6 is 0 Å². The van der Waals surface area contributed by atoms with Gasteiger partial charge >= 0.3 is 6.18 Å². The van der Waals surface area contributed by atoms with E-state index in [1.54, 1.807) is 0 Å². The molecule has 4 nitrogen and oxygen atoms in total. The molecule has 2 aromatic rings. The number of rotatable bonds is 2. The second kappa shape index (κ2) is 4.75. The average molecular weight is 269 g/mol. The number of halogens is 3. The van der Waals surface area contributed by atoms with Crippen molar-refractivity contribution in [3.8, 4) is 11.3 Å². The van der Waals surface area contributed by atoms with E-state index in [9.17, 15) is 18.0 Å². The Kier molecular flexibility index (Phi) is 3.28. The van der Waals surface area contributed by atoms with Crippen LogP contribution in [0.3, 0.4) is 0 Å². The molecule has 1 aromatic heterocycles. The number of aromatic nitrogens is 2. The Morgan fingerprint density at radius 2 is 2.05 bits per heavy atom. The number of imidazole rings is 1. The molecular weight excluding hydrogens is 259 g/mol. The van der Waals surface area contributed by atoms with Crippen LogP contribution in [0.5, 0.6) is 0 Å².